The van der Waals surface area contributed by atoms with E-state index in [9.17, 15) is 5.11 Å². The highest BCUT2D eigenvalue weighted by atomic mass is 16.5. The van der Waals surface area contributed by atoms with Crippen LogP contribution in [0, 0.1) is 5.41 Å². The number of hydrogen-bond acceptors (Lipinski definition) is 3. The van der Waals surface area contributed by atoms with Crippen LogP contribution in [-0.2, 0) is 0 Å². The fourth-order valence-corrected chi connectivity index (χ4v) is 3.73. The molecule has 2 unspecified atom stereocenters. The first kappa shape index (κ1) is 13.7. The van der Waals surface area contributed by atoms with Crippen molar-refractivity contribution in [1.29, 1.82) is 0 Å². The first-order valence-electron chi connectivity index (χ1n) is 7.82. The van der Waals surface area contributed by atoms with Crippen LogP contribution in [0.5, 0.6) is 11.5 Å². The van der Waals surface area contributed by atoms with Gasteiger partial charge >= 0.3 is 0 Å². The van der Waals surface area contributed by atoms with Gasteiger partial charge in [-0.1, -0.05) is 25.3 Å². The lowest BCUT2D eigenvalue weighted by Crippen LogP contribution is -2.60. The molecule has 0 heterocycles. The third-order valence-electron chi connectivity index (χ3n) is 4.92. The van der Waals surface area contributed by atoms with Crippen molar-refractivity contribution in [2.45, 2.75) is 57.7 Å². The molecule has 0 amide bonds. The van der Waals surface area contributed by atoms with E-state index < -0.39 is 0 Å². The van der Waals surface area contributed by atoms with Crippen LogP contribution in [0.2, 0.25) is 0 Å². The Morgan fingerprint density at radius 3 is 2.65 bits per heavy atom. The first-order chi connectivity index (χ1) is 9.74. The Morgan fingerprint density at radius 1 is 1.20 bits per heavy atom. The van der Waals surface area contributed by atoms with Crippen molar-refractivity contribution in [2.24, 2.45) is 5.41 Å². The molecular formula is C17H24O3. The van der Waals surface area contributed by atoms with Gasteiger partial charge in [-0.3, -0.25) is 0 Å². The average molecular weight is 276 g/mol. The molecule has 1 aromatic rings. The van der Waals surface area contributed by atoms with Crippen LogP contribution in [0.3, 0.4) is 0 Å². The van der Waals surface area contributed by atoms with E-state index in [4.69, 9.17) is 9.47 Å². The molecular weight excluding hydrogens is 252 g/mol. The number of rotatable bonds is 4. The van der Waals surface area contributed by atoms with Gasteiger partial charge < -0.3 is 14.6 Å². The zero-order valence-corrected chi connectivity index (χ0v) is 12.2. The largest absolute Gasteiger partial charge is 0.494 e. The predicted octanol–water partition coefficient (Wildman–Crippen LogP) is 3.55. The van der Waals surface area contributed by atoms with E-state index in [0.29, 0.717) is 6.61 Å². The molecule has 2 saturated carbocycles. The standard InChI is InChI=1S/C17H24O3/c1-2-19-13-7-6-8-14(11-13)20-16-12-15(18)17(16)9-4-3-5-10-17/h6-8,11,15-16,18H,2-5,9-10,12H2,1H3. The molecule has 1 spiro atoms. The van der Waals surface area contributed by atoms with Gasteiger partial charge in [-0.05, 0) is 31.9 Å². The maximum absolute atomic E-state index is 10.2. The lowest BCUT2D eigenvalue weighted by atomic mass is 9.56. The quantitative estimate of drug-likeness (QED) is 0.914. The first-order valence-corrected chi connectivity index (χ1v) is 7.82. The zero-order chi connectivity index (χ0) is 14.0. The third kappa shape index (κ3) is 2.39. The second-order valence-corrected chi connectivity index (χ2v) is 6.06. The summed E-state index contributed by atoms with van der Waals surface area (Å²) in [5, 5.41) is 10.2. The summed E-state index contributed by atoms with van der Waals surface area (Å²) in [5.41, 5.74) is 0.0138. The van der Waals surface area contributed by atoms with Crippen LogP contribution in [0.25, 0.3) is 0 Å². The third-order valence-corrected chi connectivity index (χ3v) is 4.92. The molecule has 3 rings (SSSR count). The summed E-state index contributed by atoms with van der Waals surface area (Å²) < 4.78 is 11.7. The molecule has 3 nitrogen and oxygen atoms in total. The fourth-order valence-electron chi connectivity index (χ4n) is 3.73. The highest BCUT2D eigenvalue weighted by Crippen LogP contribution is 2.53. The van der Waals surface area contributed by atoms with Gasteiger partial charge in [0, 0.05) is 17.9 Å². The molecule has 20 heavy (non-hydrogen) atoms. The van der Waals surface area contributed by atoms with Crippen LogP contribution in [0.4, 0.5) is 0 Å². The number of aliphatic hydroxyl groups is 1. The van der Waals surface area contributed by atoms with Crippen LogP contribution in [-0.4, -0.2) is 23.9 Å². The Kier molecular flexibility index (Phi) is 3.88. The Bertz CT molecular complexity index is 451. The monoisotopic (exact) mass is 276 g/mol. The molecule has 2 fully saturated rings. The molecule has 0 radical (unpaired) electrons. The molecule has 2 aliphatic rings. The molecule has 1 aromatic carbocycles. The maximum Gasteiger partial charge on any atom is 0.123 e. The minimum absolute atomic E-state index is 0.0138. The molecule has 0 saturated heterocycles. The van der Waals surface area contributed by atoms with Crippen LogP contribution < -0.4 is 9.47 Å². The number of aliphatic hydroxyl groups excluding tert-OH is 1. The molecule has 1 N–H and O–H groups in total. The van der Waals surface area contributed by atoms with Gasteiger partial charge in [-0.15, -0.1) is 0 Å². The Morgan fingerprint density at radius 2 is 1.95 bits per heavy atom. The van der Waals surface area contributed by atoms with E-state index in [1.54, 1.807) is 0 Å². The van der Waals surface area contributed by atoms with Gasteiger partial charge in [0.05, 0.1) is 12.7 Å². The second kappa shape index (κ2) is 5.65. The average Bonchev–Trinajstić information content (AvgIpc) is 2.49. The van der Waals surface area contributed by atoms with Gasteiger partial charge in [0.1, 0.15) is 17.6 Å². The minimum atomic E-state index is -0.178. The van der Waals surface area contributed by atoms with E-state index >= 15 is 0 Å². The summed E-state index contributed by atoms with van der Waals surface area (Å²) in [6.45, 7) is 2.64. The van der Waals surface area contributed by atoms with Crippen molar-refractivity contribution in [3.05, 3.63) is 24.3 Å². The SMILES string of the molecule is CCOc1cccc(OC2CC(O)C23CCCCC3)c1. The van der Waals surface area contributed by atoms with E-state index in [1.807, 2.05) is 31.2 Å². The maximum atomic E-state index is 10.2. The zero-order valence-electron chi connectivity index (χ0n) is 12.2. The van der Waals surface area contributed by atoms with E-state index in [2.05, 4.69) is 0 Å². The molecule has 0 aliphatic heterocycles. The fraction of sp³-hybridized carbons (Fsp3) is 0.647. The van der Waals surface area contributed by atoms with Gasteiger partial charge in [0.25, 0.3) is 0 Å². The van der Waals surface area contributed by atoms with Crippen molar-refractivity contribution in [1.82, 2.24) is 0 Å². The van der Waals surface area contributed by atoms with Gasteiger partial charge in [-0.2, -0.15) is 0 Å². The van der Waals surface area contributed by atoms with Crippen molar-refractivity contribution in [3.63, 3.8) is 0 Å². The molecule has 0 aromatic heterocycles. The molecule has 0 bridgehead atoms. The molecule has 2 aliphatic carbocycles. The highest BCUT2D eigenvalue weighted by Gasteiger charge is 2.56. The molecule has 2 atom stereocenters. The highest BCUT2D eigenvalue weighted by molar-refractivity contribution is 5.33. The smallest absolute Gasteiger partial charge is 0.123 e. The minimum Gasteiger partial charge on any atom is -0.494 e. The summed E-state index contributed by atoms with van der Waals surface area (Å²) in [5.74, 6) is 1.71. The van der Waals surface area contributed by atoms with E-state index in [-0.39, 0.29) is 17.6 Å². The van der Waals surface area contributed by atoms with E-state index in [1.165, 1.54) is 19.3 Å². The number of hydrogen-bond donors (Lipinski definition) is 1. The lowest BCUT2D eigenvalue weighted by Gasteiger charge is -2.55. The van der Waals surface area contributed by atoms with Gasteiger partial charge in [-0.25, -0.2) is 0 Å². The molecule has 110 valence electrons. The van der Waals surface area contributed by atoms with Crippen molar-refractivity contribution < 1.29 is 14.6 Å². The normalized spacial score (nSPS) is 27.9. The van der Waals surface area contributed by atoms with Crippen LogP contribution in [0.15, 0.2) is 24.3 Å². The summed E-state index contributed by atoms with van der Waals surface area (Å²) in [6, 6.07) is 7.83. The second-order valence-electron chi connectivity index (χ2n) is 6.06. The van der Waals surface area contributed by atoms with Crippen molar-refractivity contribution in [3.8, 4) is 11.5 Å². The number of ether oxygens (including phenoxy) is 2. The number of benzene rings is 1. The Balaban J connectivity index is 1.69. The summed E-state index contributed by atoms with van der Waals surface area (Å²) in [7, 11) is 0. The summed E-state index contributed by atoms with van der Waals surface area (Å²) >= 11 is 0. The van der Waals surface area contributed by atoms with E-state index in [0.717, 1.165) is 30.8 Å². The topological polar surface area (TPSA) is 38.7 Å². The Hall–Kier alpha value is -1.22. The van der Waals surface area contributed by atoms with Gasteiger partial charge in [0.15, 0.2) is 0 Å². The summed E-state index contributed by atoms with van der Waals surface area (Å²) in [4.78, 5) is 0. The lowest BCUT2D eigenvalue weighted by molar-refractivity contribution is -0.172. The van der Waals surface area contributed by atoms with Crippen molar-refractivity contribution >= 4 is 0 Å². The Labute approximate surface area is 120 Å². The van der Waals surface area contributed by atoms with Gasteiger partial charge in [0.2, 0.25) is 0 Å². The summed E-state index contributed by atoms with van der Waals surface area (Å²) in [6.07, 6.45) is 6.68. The van der Waals surface area contributed by atoms with Crippen LogP contribution >= 0.6 is 0 Å². The predicted molar refractivity (Wildman–Crippen MR) is 78.2 cm³/mol. The van der Waals surface area contributed by atoms with Crippen LogP contribution in [0.1, 0.15) is 45.4 Å². The molecule has 3 heteroatoms. The van der Waals surface area contributed by atoms with Crippen molar-refractivity contribution in [2.75, 3.05) is 6.61 Å².